The van der Waals surface area contributed by atoms with E-state index in [1.54, 1.807) is 16.7 Å². The zero-order valence-electron chi connectivity index (χ0n) is 11.3. The molecule has 0 aromatic carbocycles. The van der Waals surface area contributed by atoms with Crippen LogP contribution in [0.4, 0.5) is 0 Å². The standard InChI is InChI=1S/C12H19N5O2/c1-3-10-13-11(15-14-10)12(19)17-6-4-5-16(7-8-17)9(2)18/h3-8H2,1-2H3,(H,13,14,15). The molecule has 2 rings (SSSR count). The minimum absolute atomic E-state index is 0.0560. The predicted octanol–water partition coefficient (Wildman–Crippen LogP) is 0.0615. The lowest BCUT2D eigenvalue weighted by Crippen LogP contribution is -2.37. The molecule has 0 unspecified atom stereocenters. The third kappa shape index (κ3) is 3.10. The van der Waals surface area contributed by atoms with Gasteiger partial charge in [-0.2, -0.15) is 0 Å². The van der Waals surface area contributed by atoms with Gasteiger partial charge in [0.05, 0.1) is 0 Å². The Morgan fingerprint density at radius 1 is 1.21 bits per heavy atom. The summed E-state index contributed by atoms with van der Waals surface area (Å²) < 4.78 is 0. The molecule has 2 amide bonds. The molecule has 0 bridgehead atoms. The van der Waals surface area contributed by atoms with Gasteiger partial charge in [-0.1, -0.05) is 6.92 Å². The van der Waals surface area contributed by atoms with Gasteiger partial charge in [-0.05, 0) is 6.42 Å². The van der Waals surface area contributed by atoms with Crippen molar-refractivity contribution in [1.29, 1.82) is 0 Å². The van der Waals surface area contributed by atoms with Crippen LogP contribution in [0.3, 0.4) is 0 Å². The lowest BCUT2D eigenvalue weighted by molar-refractivity contribution is -0.128. The van der Waals surface area contributed by atoms with Gasteiger partial charge >= 0.3 is 0 Å². The van der Waals surface area contributed by atoms with Crippen LogP contribution >= 0.6 is 0 Å². The second-order valence-corrected chi connectivity index (χ2v) is 4.61. The Labute approximate surface area is 112 Å². The highest BCUT2D eigenvalue weighted by Gasteiger charge is 2.23. The lowest BCUT2D eigenvalue weighted by Gasteiger charge is -2.20. The molecular formula is C12H19N5O2. The van der Waals surface area contributed by atoms with Crippen LogP contribution in [0.5, 0.6) is 0 Å². The van der Waals surface area contributed by atoms with Crippen LogP contribution in [0.2, 0.25) is 0 Å². The van der Waals surface area contributed by atoms with Crippen LogP contribution in [0.25, 0.3) is 0 Å². The molecule has 1 aromatic heterocycles. The third-order valence-electron chi connectivity index (χ3n) is 3.29. The fourth-order valence-electron chi connectivity index (χ4n) is 2.13. The highest BCUT2D eigenvalue weighted by molar-refractivity contribution is 5.90. The van der Waals surface area contributed by atoms with Gasteiger partial charge in [-0.25, -0.2) is 4.98 Å². The van der Waals surface area contributed by atoms with Gasteiger partial charge in [0, 0.05) is 39.5 Å². The zero-order chi connectivity index (χ0) is 13.8. The van der Waals surface area contributed by atoms with Gasteiger partial charge in [0.1, 0.15) is 5.82 Å². The number of aryl methyl sites for hydroxylation is 1. The van der Waals surface area contributed by atoms with Crippen LogP contribution in [0, 0.1) is 0 Å². The first-order chi connectivity index (χ1) is 9.11. The van der Waals surface area contributed by atoms with E-state index in [1.807, 2.05) is 6.92 Å². The SMILES string of the molecule is CCc1nc(C(=O)N2CCCN(C(C)=O)CC2)n[nH]1. The topological polar surface area (TPSA) is 82.2 Å². The van der Waals surface area contributed by atoms with E-state index in [2.05, 4.69) is 15.2 Å². The molecule has 7 nitrogen and oxygen atoms in total. The first kappa shape index (κ1) is 13.5. The van der Waals surface area contributed by atoms with E-state index in [1.165, 1.54) is 0 Å². The van der Waals surface area contributed by atoms with Crippen molar-refractivity contribution in [2.75, 3.05) is 26.2 Å². The molecule has 1 aliphatic rings. The largest absolute Gasteiger partial charge is 0.341 e. The molecule has 104 valence electrons. The number of nitrogens with zero attached hydrogens (tertiary/aromatic N) is 4. The van der Waals surface area contributed by atoms with Crippen LogP contribution < -0.4 is 0 Å². The van der Waals surface area contributed by atoms with Crippen molar-refractivity contribution in [2.24, 2.45) is 0 Å². The Morgan fingerprint density at radius 2 is 1.89 bits per heavy atom. The van der Waals surface area contributed by atoms with E-state index >= 15 is 0 Å². The maximum atomic E-state index is 12.2. The maximum Gasteiger partial charge on any atom is 0.293 e. The molecule has 0 atom stereocenters. The summed E-state index contributed by atoms with van der Waals surface area (Å²) in [4.78, 5) is 31.2. The summed E-state index contributed by atoms with van der Waals surface area (Å²) in [5.41, 5.74) is 0. The van der Waals surface area contributed by atoms with E-state index in [0.717, 1.165) is 12.8 Å². The number of hydrogen-bond donors (Lipinski definition) is 1. The van der Waals surface area contributed by atoms with Crippen LogP contribution in [-0.2, 0) is 11.2 Å². The van der Waals surface area contributed by atoms with E-state index in [9.17, 15) is 9.59 Å². The molecule has 0 spiro atoms. The molecule has 2 heterocycles. The van der Waals surface area contributed by atoms with E-state index in [0.29, 0.717) is 32.0 Å². The molecule has 1 saturated heterocycles. The number of hydrogen-bond acceptors (Lipinski definition) is 4. The van der Waals surface area contributed by atoms with Gasteiger partial charge in [-0.3, -0.25) is 14.7 Å². The quantitative estimate of drug-likeness (QED) is 0.820. The van der Waals surface area contributed by atoms with Crippen molar-refractivity contribution in [3.8, 4) is 0 Å². The second kappa shape index (κ2) is 5.81. The number of aromatic nitrogens is 3. The number of aromatic amines is 1. The van der Waals surface area contributed by atoms with Gasteiger partial charge in [0.25, 0.3) is 5.91 Å². The average molecular weight is 265 g/mol. The van der Waals surface area contributed by atoms with E-state index in [-0.39, 0.29) is 17.6 Å². The fourth-order valence-corrected chi connectivity index (χ4v) is 2.13. The summed E-state index contributed by atoms with van der Waals surface area (Å²) >= 11 is 0. The Hall–Kier alpha value is -1.92. The summed E-state index contributed by atoms with van der Waals surface area (Å²) in [6, 6.07) is 0. The van der Waals surface area contributed by atoms with Crippen LogP contribution in [-0.4, -0.2) is 63.0 Å². The maximum absolute atomic E-state index is 12.2. The summed E-state index contributed by atoms with van der Waals surface area (Å²) in [7, 11) is 0. The summed E-state index contributed by atoms with van der Waals surface area (Å²) in [6.07, 6.45) is 1.51. The number of amides is 2. The highest BCUT2D eigenvalue weighted by atomic mass is 16.2. The van der Waals surface area contributed by atoms with Crippen molar-refractivity contribution in [2.45, 2.75) is 26.7 Å². The molecule has 1 aromatic rings. The highest BCUT2D eigenvalue weighted by Crippen LogP contribution is 2.07. The average Bonchev–Trinajstić information content (AvgIpc) is 2.74. The Bertz CT molecular complexity index is 470. The second-order valence-electron chi connectivity index (χ2n) is 4.61. The fraction of sp³-hybridized carbons (Fsp3) is 0.667. The molecule has 1 N–H and O–H groups in total. The summed E-state index contributed by atoms with van der Waals surface area (Å²) in [5, 5.41) is 6.68. The first-order valence-electron chi connectivity index (χ1n) is 6.58. The number of rotatable bonds is 2. The number of carbonyl (C=O) groups is 2. The minimum atomic E-state index is -0.165. The van der Waals surface area contributed by atoms with Crippen molar-refractivity contribution in [1.82, 2.24) is 25.0 Å². The molecule has 1 aliphatic heterocycles. The molecule has 0 aliphatic carbocycles. The third-order valence-corrected chi connectivity index (χ3v) is 3.29. The first-order valence-corrected chi connectivity index (χ1v) is 6.58. The van der Waals surface area contributed by atoms with Crippen LogP contribution in [0.1, 0.15) is 36.7 Å². The Morgan fingerprint density at radius 3 is 2.53 bits per heavy atom. The number of carbonyl (C=O) groups excluding carboxylic acids is 2. The summed E-state index contributed by atoms with van der Waals surface area (Å²) in [5.74, 6) is 0.818. The Kier molecular flexibility index (Phi) is 4.13. The number of H-pyrrole nitrogens is 1. The van der Waals surface area contributed by atoms with Gasteiger partial charge in [0.15, 0.2) is 0 Å². The van der Waals surface area contributed by atoms with Gasteiger partial charge in [-0.15, -0.1) is 5.10 Å². The number of nitrogens with one attached hydrogen (secondary N) is 1. The molecular weight excluding hydrogens is 246 g/mol. The minimum Gasteiger partial charge on any atom is -0.341 e. The molecule has 0 radical (unpaired) electrons. The van der Waals surface area contributed by atoms with Crippen molar-refractivity contribution in [3.05, 3.63) is 11.6 Å². The molecule has 1 fully saturated rings. The monoisotopic (exact) mass is 265 g/mol. The molecule has 7 heteroatoms. The van der Waals surface area contributed by atoms with Gasteiger partial charge in [0.2, 0.25) is 11.7 Å². The normalized spacial score (nSPS) is 16.3. The van der Waals surface area contributed by atoms with Gasteiger partial charge < -0.3 is 9.80 Å². The van der Waals surface area contributed by atoms with Crippen molar-refractivity contribution in [3.63, 3.8) is 0 Å². The Balaban J connectivity index is 2.01. The van der Waals surface area contributed by atoms with Crippen molar-refractivity contribution >= 4 is 11.8 Å². The lowest BCUT2D eigenvalue weighted by atomic mass is 10.3. The summed E-state index contributed by atoms with van der Waals surface area (Å²) in [6.45, 7) is 5.96. The molecule has 0 saturated carbocycles. The smallest absolute Gasteiger partial charge is 0.293 e. The predicted molar refractivity (Wildman–Crippen MR) is 68.5 cm³/mol. The van der Waals surface area contributed by atoms with E-state index < -0.39 is 0 Å². The van der Waals surface area contributed by atoms with Crippen LogP contribution in [0.15, 0.2) is 0 Å². The van der Waals surface area contributed by atoms with Crippen molar-refractivity contribution < 1.29 is 9.59 Å². The van der Waals surface area contributed by atoms with E-state index in [4.69, 9.17) is 0 Å². The zero-order valence-corrected chi connectivity index (χ0v) is 11.3. The molecule has 19 heavy (non-hydrogen) atoms.